The highest BCUT2D eigenvalue weighted by Crippen LogP contribution is 2.22. The minimum atomic E-state index is -0.466. The number of aromatic nitrogens is 2. The first kappa shape index (κ1) is 14.9. The molecule has 0 unspecified atom stereocenters. The van der Waals surface area contributed by atoms with Gasteiger partial charge in [-0.15, -0.1) is 0 Å². The topological polar surface area (TPSA) is 72.8 Å². The summed E-state index contributed by atoms with van der Waals surface area (Å²) in [7, 11) is 1.32. The quantitative estimate of drug-likeness (QED) is 0.593. The van der Waals surface area contributed by atoms with Crippen LogP contribution in [0.3, 0.4) is 0 Å². The van der Waals surface area contributed by atoms with Crippen molar-refractivity contribution >= 4 is 28.6 Å². The van der Waals surface area contributed by atoms with Crippen molar-refractivity contribution in [3.8, 4) is 0 Å². The number of nitrogens with zero attached hydrogens (tertiary/aromatic N) is 1. The highest BCUT2D eigenvalue weighted by atomic mass is 16.5. The second-order valence-electron chi connectivity index (χ2n) is 4.93. The van der Waals surface area contributed by atoms with E-state index in [4.69, 9.17) is 9.47 Å². The molecule has 2 aromatic heterocycles. The Morgan fingerprint density at radius 3 is 2.96 bits per heavy atom. The van der Waals surface area contributed by atoms with Gasteiger partial charge < -0.3 is 18.9 Å². The van der Waals surface area contributed by atoms with E-state index in [1.165, 1.54) is 7.11 Å². The third-order valence-corrected chi connectivity index (χ3v) is 3.54. The third kappa shape index (κ3) is 2.59. The van der Waals surface area contributed by atoms with Crippen molar-refractivity contribution in [3.63, 3.8) is 0 Å². The van der Waals surface area contributed by atoms with Gasteiger partial charge in [-0.25, -0.2) is 4.79 Å². The number of carbonyl (C=O) groups is 1. The number of ether oxygens (including phenoxy) is 2. The summed E-state index contributed by atoms with van der Waals surface area (Å²) in [6.07, 6.45) is 5.13. The molecule has 0 aliphatic carbocycles. The maximum Gasteiger partial charge on any atom is 0.337 e. The number of benzene rings is 1. The Kier molecular flexibility index (Phi) is 3.89. The van der Waals surface area contributed by atoms with Gasteiger partial charge >= 0.3 is 5.97 Å². The van der Waals surface area contributed by atoms with Crippen LogP contribution in [0.25, 0.3) is 22.6 Å². The molecule has 0 amide bonds. The van der Waals surface area contributed by atoms with E-state index in [1.807, 2.05) is 13.1 Å². The Morgan fingerprint density at radius 2 is 2.22 bits per heavy atom. The smallest absolute Gasteiger partial charge is 0.337 e. The fraction of sp³-hybridized carbons (Fsp3) is 0.176. The van der Waals surface area contributed by atoms with Crippen molar-refractivity contribution in [1.29, 1.82) is 0 Å². The molecule has 1 aromatic carbocycles. The van der Waals surface area contributed by atoms with E-state index >= 15 is 0 Å². The monoisotopic (exact) mass is 312 g/mol. The maximum atomic E-state index is 12.1. The number of fused-ring (bicyclic) bond motifs is 3. The number of aromatic amines is 1. The number of rotatable bonds is 4. The molecule has 0 spiro atoms. The number of hydrogen-bond acceptors (Lipinski definition) is 4. The molecular formula is C17H16N2O4. The molecule has 3 rings (SSSR count). The zero-order chi connectivity index (χ0) is 16.4. The van der Waals surface area contributed by atoms with E-state index < -0.39 is 5.97 Å². The molecule has 0 fully saturated rings. The Balaban J connectivity index is 2.36. The van der Waals surface area contributed by atoms with E-state index in [-0.39, 0.29) is 5.56 Å². The minimum absolute atomic E-state index is 0.218. The lowest BCUT2D eigenvalue weighted by Gasteiger charge is -2.09. The fourth-order valence-corrected chi connectivity index (χ4v) is 2.55. The minimum Gasteiger partial charge on any atom is -0.501 e. The average Bonchev–Trinajstić information content (AvgIpc) is 3.04. The summed E-state index contributed by atoms with van der Waals surface area (Å²) in [5, 5.41) is 0. The number of H-pyrrole nitrogens is 1. The Morgan fingerprint density at radius 1 is 1.39 bits per heavy atom. The SMILES string of the molecule is CCO/C=C/c1cc(C(=O)OC)cc2[nH]c(=O)c3cccn3c12. The molecule has 0 saturated heterocycles. The van der Waals surface area contributed by atoms with Crippen molar-refractivity contribution in [2.45, 2.75) is 6.92 Å². The van der Waals surface area contributed by atoms with E-state index in [2.05, 4.69) is 4.98 Å². The van der Waals surface area contributed by atoms with Gasteiger partial charge in [0.15, 0.2) is 0 Å². The van der Waals surface area contributed by atoms with Crippen molar-refractivity contribution in [2.75, 3.05) is 13.7 Å². The standard InChI is InChI=1S/C17H16N2O4/c1-3-23-8-6-11-9-12(17(21)22-2)10-13-15(11)19-7-4-5-14(19)16(20)18-13/h4-10H,3H2,1-2H3,(H,18,20)/b8-6+. The molecule has 0 radical (unpaired) electrons. The van der Waals surface area contributed by atoms with Crippen molar-refractivity contribution in [2.24, 2.45) is 0 Å². The summed E-state index contributed by atoms with van der Waals surface area (Å²) >= 11 is 0. The average molecular weight is 312 g/mol. The van der Waals surface area contributed by atoms with Gasteiger partial charge in [-0.3, -0.25) is 4.79 Å². The van der Waals surface area contributed by atoms with Crippen LogP contribution < -0.4 is 5.56 Å². The molecule has 6 heteroatoms. The molecule has 0 bridgehead atoms. The second kappa shape index (κ2) is 6.00. The van der Waals surface area contributed by atoms with Gasteiger partial charge in [0.05, 0.1) is 36.6 Å². The van der Waals surface area contributed by atoms with Gasteiger partial charge in [-0.1, -0.05) is 0 Å². The summed E-state index contributed by atoms with van der Waals surface area (Å²) < 4.78 is 11.8. The molecule has 118 valence electrons. The number of esters is 1. The zero-order valence-electron chi connectivity index (χ0n) is 12.8. The van der Waals surface area contributed by atoms with E-state index in [9.17, 15) is 9.59 Å². The first-order valence-electron chi connectivity index (χ1n) is 7.19. The zero-order valence-corrected chi connectivity index (χ0v) is 12.8. The Bertz CT molecular complexity index is 966. The van der Waals surface area contributed by atoms with E-state index in [1.54, 1.807) is 41.0 Å². The molecule has 2 heterocycles. The molecule has 0 atom stereocenters. The maximum absolute atomic E-state index is 12.1. The summed E-state index contributed by atoms with van der Waals surface area (Å²) in [5.41, 5.74) is 2.76. The summed E-state index contributed by atoms with van der Waals surface area (Å²) in [4.78, 5) is 26.8. The summed E-state index contributed by atoms with van der Waals surface area (Å²) in [5.74, 6) is -0.466. The lowest BCUT2D eigenvalue weighted by Crippen LogP contribution is -2.11. The molecule has 1 N–H and O–H groups in total. The van der Waals surface area contributed by atoms with Gasteiger partial charge in [0, 0.05) is 11.8 Å². The normalized spacial score (nSPS) is 11.4. The van der Waals surface area contributed by atoms with E-state index in [0.717, 1.165) is 11.1 Å². The van der Waals surface area contributed by atoms with E-state index in [0.29, 0.717) is 23.2 Å². The summed E-state index contributed by atoms with van der Waals surface area (Å²) in [6.45, 7) is 2.43. The lowest BCUT2D eigenvalue weighted by atomic mass is 10.1. The van der Waals surface area contributed by atoms with Crippen LogP contribution in [0.15, 0.2) is 41.5 Å². The first-order valence-corrected chi connectivity index (χ1v) is 7.19. The summed E-state index contributed by atoms with van der Waals surface area (Å²) in [6, 6.07) is 6.86. The van der Waals surface area contributed by atoms with Crippen LogP contribution in [0, 0.1) is 0 Å². The Labute approximate surface area is 132 Å². The first-order chi connectivity index (χ1) is 11.2. The predicted molar refractivity (Wildman–Crippen MR) is 87.5 cm³/mol. The highest BCUT2D eigenvalue weighted by Gasteiger charge is 2.13. The van der Waals surface area contributed by atoms with Crippen LogP contribution in [-0.4, -0.2) is 29.1 Å². The van der Waals surface area contributed by atoms with Crippen molar-refractivity contribution in [3.05, 3.63) is 58.2 Å². The van der Waals surface area contributed by atoms with Crippen LogP contribution in [0.4, 0.5) is 0 Å². The molecular weight excluding hydrogens is 296 g/mol. The van der Waals surface area contributed by atoms with Gasteiger partial charge in [0.25, 0.3) is 5.56 Å². The van der Waals surface area contributed by atoms with Gasteiger partial charge in [-0.2, -0.15) is 0 Å². The molecule has 0 aliphatic rings. The van der Waals surface area contributed by atoms with Crippen molar-refractivity contribution < 1.29 is 14.3 Å². The van der Waals surface area contributed by atoms with Crippen molar-refractivity contribution in [1.82, 2.24) is 9.38 Å². The number of nitrogens with one attached hydrogen (secondary N) is 1. The predicted octanol–water partition coefficient (Wildman–Crippen LogP) is 2.57. The second-order valence-corrected chi connectivity index (χ2v) is 4.93. The van der Waals surface area contributed by atoms with Gasteiger partial charge in [0.1, 0.15) is 5.52 Å². The molecule has 23 heavy (non-hydrogen) atoms. The van der Waals surface area contributed by atoms with Gasteiger partial charge in [-0.05, 0) is 37.3 Å². The Hall–Kier alpha value is -3.02. The number of hydrogen-bond donors (Lipinski definition) is 1. The van der Waals surface area contributed by atoms with Gasteiger partial charge in [0.2, 0.25) is 0 Å². The van der Waals surface area contributed by atoms with Crippen LogP contribution in [-0.2, 0) is 9.47 Å². The fourth-order valence-electron chi connectivity index (χ4n) is 2.55. The number of methoxy groups -OCH3 is 1. The highest BCUT2D eigenvalue weighted by molar-refractivity contribution is 5.97. The van der Waals surface area contributed by atoms with Crippen LogP contribution >= 0.6 is 0 Å². The molecule has 6 nitrogen and oxygen atoms in total. The number of carbonyl (C=O) groups excluding carboxylic acids is 1. The lowest BCUT2D eigenvalue weighted by molar-refractivity contribution is 0.0601. The largest absolute Gasteiger partial charge is 0.501 e. The molecule has 3 aromatic rings. The van der Waals surface area contributed by atoms with Crippen LogP contribution in [0.1, 0.15) is 22.8 Å². The van der Waals surface area contributed by atoms with Crippen LogP contribution in [0.2, 0.25) is 0 Å². The third-order valence-electron chi connectivity index (χ3n) is 3.54. The molecule has 0 saturated carbocycles. The van der Waals surface area contributed by atoms with Crippen LogP contribution in [0.5, 0.6) is 0 Å². The molecule has 0 aliphatic heterocycles.